The summed E-state index contributed by atoms with van der Waals surface area (Å²) < 4.78 is 3.22. The van der Waals surface area contributed by atoms with Crippen molar-refractivity contribution in [3.8, 4) is 0 Å². The molecule has 19 heavy (non-hydrogen) atoms. The van der Waals surface area contributed by atoms with Gasteiger partial charge in [-0.3, -0.25) is 4.68 Å². The zero-order chi connectivity index (χ0) is 14.0. The van der Waals surface area contributed by atoms with Gasteiger partial charge in [-0.05, 0) is 47.8 Å². The van der Waals surface area contributed by atoms with E-state index in [0.29, 0.717) is 0 Å². The zero-order valence-electron chi connectivity index (χ0n) is 11.6. The van der Waals surface area contributed by atoms with E-state index in [2.05, 4.69) is 52.0 Å². The second-order valence-corrected chi connectivity index (χ2v) is 6.61. The molecule has 0 fully saturated rings. The summed E-state index contributed by atoms with van der Waals surface area (Å²) in [5.41, 5.74) is 8.61. The highest BCUT2D eigenvalue weighted by atomic mass is 79.9. The first-order chi connectivity index (χ1) is 9.06. The van der Waals surface area contributed by atoms with Crippen LogP contribution in [0.5, 0.6) is 0 Å². The third kappa shape index (κ3) is 3.09. The van der Waals surface area contributed by atoms with Gasteiger partial charge in [-0.2, -0.15) is 5.10 Å². The van der Waals surface area contributed by atoms with Crippen molar-refractivity contribution in [2.45, 2.75) is 45.7 Å². The number of hydrogen-bond acceptors (Lipinski definition) is 3. The van der Waals surface area contributed by atoms with Gasteiger partial charge in [0.25, 0.3) is 0 Å². The standard InChI is InChI=1S/C14H20BrN3S/c1-4-11-7-12(5-2)18(17-11)14(9(3)16)13-6-10(15)8-19-13/h6-9,14H,4-5,16H2,1-3H3. The maximum Gasteiger partial charge on any atom is 0.101 e. The molecular formula is C14H20BrN3S. The van der Waals surface area contributed by atoms with E-state index in [1.54, 1.807) is 11.3 Å². The van der Waals surface area contributed by atoms with Crippen molar-refractivity contribution >= 4 is 27.3 Å². The van der Waals surface area contributed by atoms with E-state index in [4.69, 9.17) is 10.8 Å². The Morgan fingerprint density at radius 1 is 1.37 bits per heavy atom. The van der Waals surface area contributed by atoms with Crippen LogP contribution in [0.25, 0.3) is 0 Å². The van der Waals surface area contributed by atoms with Gasteiger partial charge in [0.15, 0.2) is 0 Å². The molecule has 2 aromatic rings. The fourth-order valence-electron chi connectivity index (χ4n) is 2.25. The molecule has 2 N–H and O–H groups in total. The van der Waals surface area contributed by atoms with Crippen LogP contribution >= 0.6 is 27.3 Å². The molecule has 5 heteroatoms. The highest BCUT2D eigenvalue weighted by molar-refractivity contribution is 9.10. The van der Waals surface area contributed by atoms with E-state index in [9.17, 15) is 0 Å². The number of thiophene rings is 1. The van der Waals surface area contributed by atoms with Crippen molar-refractivity contribution in [1.29, 1.82) is 0 Å². The quantitative estimate of drug-likeness (QED) is 0.899. The van der Waals surface area contributed by atoms with Crippen molar-refractivity contribution in [2.75, 3.05) is 0 Å². The lowest BCUT2D eigenvalue weighted by atomic mass is 10.1. The molecule has 2 aromatic heterocycles. The number of aromatic nitrogens is 2. The van der Waals surface area contributed by atoms with Crippen LogP contribution in [0.4, 0.5) is 0 Å². The first-order valence-corrected chi connectivity index (χ1v) is 8.30. The summed E-state index contributed by atoms with van der Waals surface area (Å²) in [7, 11) is 0. The topological polar surface area (TPSA) is 43.8 Å². The molecule has 2 rings (SSSR count). The fraction of sp³-hybridized carbons (Fsp3) is 0.500. The second-order valence-electron chi connectivity index (χ2n) is 4.75. The van der Waals surface area contributed by atoms with Gasteiger partial charge in [0, 0.05) is 26.5 Å². The van der Waals surface area contributed by atoms with Gasteiger partial charge in [0.2, 0.25) is 0 Å². The number of halogens is 1. The van der Waals surface area contributed by atoms with E-state index in [1.807, 2.05) is 6.92 Å². The van der Waals surface area contributed by atoms with E-state index < -0.39 is 0 Å². The smallest absolute Gasteiger partial charge is 0.101 e. The molecule has 0 radical (unpaired) electrons. The predicted octanol–water partition coefficient (Wildman–Crippen LogP) is 3.77. The maximum atomic E-state index is 6.21. The molecule has 0 saturated carbocycles. The Labute approximate surface area is 126 Å². The summed E-state index contributed by atoms with van der Waals surface area (Å²) >= 11 is 5.25. The first-order valence-electron chi connectivity index (χ1n) is 6.63. The molecule has 0 aliphatic heterocycles. The van der Waals surface area contributed by atoms with Crippen LogP contribution in [-0.2, 0) is 12.8 Å². The molecule has 2 unspecified atom stereocenters. The lowest BCUT2D eigenvalue weighted by Crippen LogP contribution is -2.31. The van der Waals surface area contributed by atoms with Gasteiger partial charge >= 0.3 is 0 Å². The van der Waals surface area contributed by atoms with Gasteiger partial charge in [-0.1, -0.05) is 13.8 Å². The minimum atomic E-state index is 0.0282. The van der Waals surface area contributed by atoms with Crippen molar-refractivity contribution in [2.24, 2.45) is 5.73 Å². The number of rotatable bonds is 5. The first kappa shape index (κ1) is 14.8. The molecule has 0 bridgehead atoms. The van der Waals surface area contributed by atoms with Crippen LogP contribution in [0.1, 0.15) is 43.1 Å². The summed E-state index contributed by atoms with van der Waals surface area (Å²) in [6.45, 7) is 6.34. The zero-order valence-corrected chi connectivity index (χ0v) is 14.0. The Morgan fingerprint density at radius 3 is 2.58 bits per heavy atom. The predicted molar refractivity (Wildman–Crippen MR) is 84.8 cm³/mol. The van der Waals surface area contributed by atoms with Crippen LogP contribution in [0.2, 0.25) is 0 Å². The van der Waals surface area contributed by atoms with Gasteiger partial charge < -0.3 is 5.73 Å². The monoisotopic (exact) mass is 341 g/mol. The molecule has 0 amide bonds. The van der Waals surface area contributed by atoms with E-state index >= 15 is 0 Å². The Kier molecular flexibility index (Phi) is 4.81. The summed E-state index contributed by atoms with van der Waals surface area (Å²) in [4.78, 5) is 1.25. The molecule has 0 saturated heterocycles. The Balaban J connectivity index is 2.47. The van der Waals surface area contributed by atoms with Crippen LogP contribution in [0, 0.1) is 0 Å². The molecular weight excluding hydrogens is 322 g/mol. The molecule has 0 aromatic carbocycles. The van der Waals surface area contributed by atoms with Crippen LogP contribution < -0.4 is 5.73 Å². The van der Waals surface area contributed by atoms with Gasteiger partial charge in [-0.25, -0.2) is 0 Å². The average Bonchev–Trinajstić information content (AvgIpc) is 2.96. The lowest BCUT2D eigenvalue weighted by molar-refractivity contribution is 0.444. The van der Waals surface area contributed by atoms with E-state index in [0.717, 1.165) is 23.0 Å². The van der Waals surface area contributed by atoms with Gasteiger partial charge in [-0.15, -0.1) is 11.3 Å². The molecule has 0 aliphatic carbocycles. The summed E-state index contributed by atoms with van der Waals surface area (Å²) in [6.07, 6.45) is 1.93. The molecule has 2 atom stereocenters. The van der Waals surface area contributed by atoms with Crippen LogP contribution in [0.15, 0.2) is 22.0 Å². The largest absolute Gasteiger partial charge is 0.326 e. The van der Waals surface area contributed by atoms with Crippen molar-refractivity contribution in [1.82, 2.24) is 9.78 Å². The lowest BCUT2D eigenvalue weighted by Gasteiger charge is -2.22. The molecule has 0 aliphatic rings. The summed E-state index contributed by atoms with van der Waals surface area (Å²) in [6, 6.07) is 4.48. The van der Waals surface area contributed by atoms with Crippen LogP contribution in [0.3, 0.4) is 0 Å². The van der Waals surface area contributed by atoms with Crippen molar-refractivity contribution in [3.05, 3.63) is 38.3 Å². The molecule has 3 nitrogen and oxygen atoms in total. The highest BCUT2D eigenvalue weighted by Crippen LogP contribution is 2.31. The van der Waals surface area contributed by atoms with Crippen molar-refractivity contribution in [3.63, 3.8) is 0 Å². The number of hydrogen-bond donors (Lipinski definition) is 1. The van der Waals surface area contributed by atoms with Crippen LogP contribution in [-0.4, -0.2) is 15.8 Å². The number of aryl methyl sites for hydroxylation is 2. The maximum absolute atomic E-state index is 6.21. The highest BCUT2D eigenvalue weighted by Gasteiger charge is 2.23. The summed E-state index contributed by atoms with van der Waals surface area (Å²) in [5.74, 6) is 0. The molecule has 2 heterocycles. The normalized spacial score (nSPS) is 14.6. The molecule has 104 valence electrons. The summed E-state index contributed by atoms with van der Waals surface area (Å²) in [5, 5.41) is 6.83. The van der Waals surface area contributed by atoms with E-state index in [1.165, 1.54) is 10.6 Å². The fourth-order valence-corrected chi connectivity index (χ4v) is 3.90. The van der Waals surface area contributed by atoms with Crippen molar-refractivity contribution < 1.29 is 0 Å². The minimum absolute atomic E-state index is 0.0282. The average molecular weight is 342 g/mol. The van der Waals surface area contributed by atoms with E-state index in [-0.39, 0.29) is 12.1 Å². The second kappa shape index (κ2) is 6.20. The Morgan fingerprint density at radius 2 is 2.11 bits per heavy atom. The number of nitrogens with two attached hydrogens (primary N) is 1. The third-order valence-electron chi connectivity index (χ3n) is 3.23. The Hall–Kier alpha value is -0.650. The van der Waals surface area contributed by atoms with Gasteiger partial charge in [0.1, 0.15) is 6.04 Å². The minimum Gasteiger partial charge on any atom is -0.326 e. The number of nitrogens with zero attached hydrogens (tertiary/aromatic N) is 2. The SMILES string of the molecule is CCc1cc(CC)n(C(c2cc(Br)cs2)C(C)N)n1. The third-order valence-corrected chi connectivity index (χ3v) is 4.99. The molecule has 0 spiro atoms. The Bertz CT molecular complexity index is 545. The van der Waals surface area contributed by atoms with Gasteiger partial charge in [0.05, 0.1) is 5.69 Å².